The molecule has 17 heavy (non-hydrogen) atoms. The van der Waals surface area contributed by atoms with Crippen LogP contribution in [0.3, 0.4) is 0 Å². The van der Waals surface area contributed by atoms with Gasteiger partial charge < -0.3 is 4.57 Å². The van der Waals surface area contributed by atoms with E-state index in [0.29, 0.717) is 0 Å². The van der Waals surface area contributed by atoms with Crippen molar-refractivity contribution >= 4 is 45.2 Å². The molecular formula is C13H14ClIN2. The molecule has 0 spiro atoms. The van der Waals surface area contributed by atoms with Gasteiger partial charge in [0.25, 0.3) is 0 Å². The average Bonchev–Trinajstić information content (AvgIpc) is 3.00. The molecule has 1 saturated carbocycles. The molecule has 1 fully saturated rings. The molecule has 0 radical (unpaired) electrons. The summed E-state index contributed by atoms with van der Waals surface area (Å²) in [5.41, 5.74) is 2.29. The molecular weight excluding hydrogens is 347 g/mol. The maximum atomic E-state index is 6.24. The van der Waals surface area contributed by atoms with E-state index in [1.807, 2.05) is 6.92 Å². The Morgan fingerprint density at radius 2 is 2.29 bits per heavy atom. The average molecular weight is 361 g/mol. The molecule has 1 aliphatic carbocycles. The summed E-state index contributed by atoms with van der Waals surface area (Å²) in [6.45, 7) is 3.07. The molecule has 1 aromatic heterocycles. The molecule has 0 N–H and O–H groups in total. The number of imidazole rings is 1. The Morgan fingerprint density at radius 1 is 1.53 bits per heavy atom. The highest BCUT2D eigenvalue weighted by Crippen LogP contribution is 2.34. The van der Waals surface area contributed by atoms with E-state index in [2.05, 4.69) is 50.3 Å². The Labute approximate surface area is 120 Å². The largest absolute Gasteiger partial charge is 0.326 e. The fourth-order valence-corrected chi connectivity index (χ4v) is 2.82. The van der Waals surface area contributed by atoms with Crippen molar-refractivity contribution in [2.45, 2.75) is 31.7 Å². The topological polar surface area (TPSA) is 17.8 Å². The van der Waals surface area contributed by atoms with E-state index in [1.165, 1.54) is 21.9 Å². The van der Waals surface area contributed by atoms with Crippen LogP contribution in [0.5, 0.6) is 0 Å². The van der Waals surface area contributed by atoms with Gasteiger partial charge >= 0.3 is 0 Å². The van der Waals surface area contributed by atoms with Crippen molar-refractivity contribution in [2.24, 2.45) is 5.92 Å². The van der Waals surface area contributed by atoms with Gasteiger partial charge in [0, 0.05) is 10.1 Å². The Bertz CT molecular complexity index is 558. The van der Waals surface area contributed by atoms with E-state index < -0.39 is 0 Å². The third kappa shape index (κ3) is 2.32. The lowest BCUT2D eigenvalue weighted by Crippen LogP contribution is -2.05. The number of hydrogen-bond donors (Lipinski definition) is 0. The molecule has 2 nitrogen and oxygen atoms in total. The van der Waals surface area contributed by atoms with E-state index in [0.717, 1.165) is 23.8 Å². The first-order valence-corrected chi connectivity index (χ1v) is 7.46. The van der Waals surface area contributed by atoms with Gasteiger partial charge in [-0.1, -0.05) is 0 Å². The van der Waals surface area contributed by atoms with Crippen LogP contribution in [0.4, 0.5) is 0 Å². The van der Waals surface area contributed by atoms with Crippen molar-refractivity contribution in [3.8, 4) is 0 Å². The van der Waals surface area contributed by atoms with Crippen molar-refractivity contribution in [3.05, 3.63) is 27.6 Å². The predicted octanol–water partition coefficient (Wildman–Crippen LogP) is 4.35. The second-order valence-corrected chi connectivity index (χ2v) is 6.67. The SMILES string of the molecule is CC(Cl)c1nc2cc(I)ccc2n1CC1CC1. The molecule has 4 heteroatoms. The molecule has 0 bridgehead atoms. The standard InChI is InChI=1S/C13H14ClIN2/c1-8(14)13-16-11-6-10(15)4-5-12(11)17(13)7-9-2-3-9/h4-6,8-9H,2-3,7H2,1H3. The number of nitrogens with zero attached hydrogens (tertiary/aromatic N) is 2. The fraction of sp³-hybridized carbons (Fsp3) is 0.462. The Kier molecular flexibility index (Phi) is 3.07. The number of halogens is 2. The van der Waals surface area contributed by atoms with Gasteiger partial charge in [0.2, 0.25) is 0 Å². The van der Waals surface area contributed by atoms with Crippen LogP contribution >= 0.6 is 34.2 Å². The third-order valence-electron chi connectivity index (χ3n) is 3.23. The molecule has 90 valence electrons. The quantitative estimate of drug-likeness (QED) is 0.588. The van der Waals surface area contributed by atoms with Crippen molar-refractivity contribution in [1.82, 2.24) is 9.55 Å². The van der Waals surface area contributed by atoms with Crippen LogP contribution in [-0.4, -0.2) is 9.55 Å². The lowest BCUT2D eigenvalue weighted by atomic mass is 10.3. The van der Waals surface area contributed by atoms with Crippen LogP contribution in [0.2, 0.25) is 0 Å². The van der Waals surface area contributed by atoms with Gasteiger partial charge in [-0.25, -0.2) is 4.98 Å². The molecule has 0 amide bonds. The van der Waals surface area contributed by atoms with E-state index >= 15 is 0 Å². The third-order valence-corrected chi connectivity index (χ3v) is 4.10. The van der Waals surface area contributed by atoms with Gasteiger partial charge in [-0.2, -0.15) is 0 Å². The van der Waals surface area contributed by atoms with Gasteiger partial charge in [-0.3, -0.25) is 0 Å². The van der Waals surface area contributed by atoms with E-state index in [-0.39, 0.29) is 5.38 Å². The van der Waals surface area contributed by atoms with Crippen LogP contribution in [0.25, 0.3) is 11.0 Å². The Balaban J connectivity index is 2.15. The van der Waals surface area contributed by atoms with Crippen LogP contribution in [0, 0.1) is 9.49 Å². The number of benzene rings is 1. The summed E-state index contributed by atoms with van der Waals surface area (Å²) in [7, 11) is 0. The first-order chi connectivity index (χ1) is 8.15. The first-order valence-electron chi connectivity index (χ1n) is 5.95. The molecule has 1 unspecified atom stereocenters. The highest BCUT2D eigenvalue weighted by atomic mass is 127. The zero-order valence-corrected chi connectivity index (χ0v) is 12.6. The van der Waals surface area contributed by atoms with Crippen molar-refractivity contribution in [3.63, 3.8) is 0 Å². The molecule has 1 atom stereocenters. The number of fused-ring (bicyclic) bond motifs is 1. The maximum Gasteiger partial charge on any atom is 0.127 e. The number of rotatable bonds is 3. The molecule has 3 rings (SSSR count). The van der Waals surface area contributed by atoms with E-state index in [4.69, 9.17) is 11.6 Å². The Hall–Kier alpha value is -0.290. The minimum absolute atomic E-state index is 0.0289. The summed E-state index contributed by atoms with van der Waals surface area (Å²) in [6.07, 6.45) is 2.69. The lowest BCUT2D eigenvalue weighted by molar-refractivity contribution is 0.610. The van der Waals surface area contributed by atoms with Gasteiger partial charge in [0.1, 0.15) is 5.82 Å². The zero-order valence-electron chi connectivity index (χ0n) is 9.66. The highest BCUT2D eigenvalue weighted by Gasteiger charge is 2.25. The van der Waals surface area contributed by atoms with E-state index in [9.17, 15) is 0 Å². The normalized spacial score (nSPS) is 17.6. The van der Waals surface area contributed by atoms with Crippen LogP contribution in [0.1, 0.15) is 31.0 Å². The fourth-order valence-electron chi connectivity index (χ4n) is 2.18. The lowest BCUT2D eigenvalue weighted by Gasteiger charge is -2.09. The summed E-state index contributed by atoms with van der Waals surface area (Å²) in [6, 6.07) is 6.42. The van der Waals surface area contributed by atoms with Crippen molar-refractivity contribution in [1.29, 1.82) is 0 Å². The summed E-state index contributed by atoms with van der Waals surface area (Å²) in [4.78, 5) is 4.68. The second-order valence-electron chi connectivity index (χ2n) is 4.77. The molecule has 1 heterocycles. The minimum Gasteiger partial charge on any atom is -0.326 e. The summed E-state index contributed by atoms with van der Waals surface area (Å²) < 4.78 is 3.53. The monoisotopic (exact) mass is 360 g/mol. The van der Waals surface area contributed by atoms with Gasteiger partial charge in [0.15, 0.2) is 0 Å². The first kappa shape index (κ1) is 11.8. The van der Waals surface area contributed by atoms with Gasteiger partial charge in [-0.15, -0.1) is 11.6 Å². The summed E-state index contributed by atoms with van der Waals surface area (Å²) in [5.74, 6) is 1.84. The number of aromatic nitrogens is 2. The molecule has 1 aromatic carbocycles. The van der Waals surface area contributed by atoms with Crippen LogP contribution in [0.15, 0.2) is 18.2 Å². The summed E-state index contributed by atoms with van der Waals surface area (Å²) >= 11 is 8.56. The maximum absolute atomic E-state index is 6.24. The number of alkyl halides is 1. The molecule has 2 aromatic rings. The Morgan fingerprint density at radius 3 is 2.94 bits per heavy atom. The van der Waals surface area contributed by atoms with Crippen molar-refractivity contribution in [2.75, 3.05) is 0 Å². The molecule has 1 aliphatic rings. The summed E-state index contributed by atoms with van der Waals surface area (Å²) in [5, 5.41) is -0.0289. The van der Waals surface area contributed by atoms with Crippen LogP contribution < -0.4 is 0 Å². The number of hydrogen-bond acceptors (Lipinski definition) is 1. The van der Waals surface area contributed by atoms with Gasteiger partial charge in [0.05, 0.1) is 16.4 Å². The van der Waals surface area contributed by atoms with Gasteiger partial charge in [-0.05, 0) is 66.5 Å². The van der Waals surface area contributed by atoms with E-state index in [1.54, 1.807) is 0 Å². The zero-order chi connectivity index (χ0) is 12.0. The van der Waals surface area contributed by atoms with Crippen molar-refractivity contribution < 1.29 is 0 Å². The molecule has 0 saturated heterocycles. The highest BCUT2D eigenvalue weighted by molar-refractivity contribution is 14.1. The second kappa shape index (κ2) is 4.43. The predicted molar refractivity (Wildman–Crippen MR) is 79.4 cm³/mol. The molecule has 0 aliphatic heterocycles. The smallest absolute Gasteiger partial charge is 0.127 e. The minimum atomic E-state index is -0.0289. The van der Waals surface area contributed by atoms with Crippen LogP contribution in [-0.2, 0) is 6.54 Å².